The van der Waals surface area contributed by atoms with Gasteiger partial charge >= 0.3 is 0 Å². The number of nitrogens with zero attached hydrogens (tertiary/aromatic N) is 1. The second-order valence-electron chi connectivity index (χ2n) is 4.31. The quantitative estimate of drug-likeness (QED) is 0.556. The molecule has 0 aliphatic carbocycles. The van der Waals surface area contributed by atoms with Crippen LogP contribution in [0.2, 0.25) is 10.0 Å². The molecule has 21 heavy (non-hydrogen) atoms. The Bertz CT molecular complexity index is 657. The van der Waals surface area contributed by atoms with Crippen molar-refractivity contribution < 1.29 is 4.92 Å². The van der Waals surface area contributed by atoms with Gasteiger partial charge in [0.15, 0.2) is 0 Å². The van der Waals surface area contributed by atoms with Gasteiger partial charge < -0.3 is 5.32 Å². The SMILES string of the molecule is O=[N+]([O-])c1ccccc1CCNc1c(Cl)cc(Br)cc1Cl. The number of nitrogens with one attached hydrogen (secondary N) is 1. The van der Waals surface area contributed by atoms with E-state index in [4.69, 9.17) is 23.2 Å². The van der Waals surface area contributed by atoms with Crippen molar-refractivity contribution in [2.24, 2.45) is 0 Å². The molecule has 0 atom stereocenters. The molecule has 0 heterocycles. The number of hydrogen-bond donors (Lipinski definition) is 1. The summed E-state index contributed by atoms with van der Waals surface area (Å²) in [6.45, 7) is 0.492. The van der Waals surface area contributed by atoms with Gasteiger partial charge in [-0.1, -0.05) is 57.3 Å². The molecule has 0 unspecified atom stereocenters. The minimum absolute atomic E-state index is 0.118. The lowest BCUT2D eigenvalue weighted by Gasteiger charge is -2.11. The number of nitro groups is 1. The normalized spacial score (nSPS) is 10.4. The van der Waals surface area contributed by atoms with Gasteiger partial charge in [-0.2, -0.15) is 0 Å². The van der Waals surface area contributed by atoms with Crippen LogP contribution < -0.4 is 5.32 Å². The highest BCUT2D eigenvalue weighted by atomic mass is 79.9. The minimum Gasteiger partial charge on any atom is -0.382 e. The lowest BCUT2D eigenvalue weighted by atomic mass is 10.1. The van der Waals surface area contributed by atoms with Crippen molar-refractivity contribution in [3.8, 4) is 0 Å². The molecule has 2 aromatic carbocycles. The topological polar surface area (TPSA) is 55.2 Å². The first kappa shape index (κ1) is 16.1. The van der Waals surface area contributed by atoms with E-state index in [2.05, 4.69) is 21.2 Å². The highest BCUT2D eigenvalue weighted by molar-refractivity contribution is 9.10. The fourth-order valence-electron chi connectivity index (χ4n) is 1.93. The number of anilines is 1. The van der Waals surface area contributed by atoms with Crippen LogP contribution in [0.3, 0.4) is 0 Å². The lowest BCUT2D eigenvalue weighted by Crippen LogP contribution is -2.07. The van der Waals surface area contributed by atoms with Crippen molar-refractivity contribution in [3.63, 3.8) is 0 Å². The summed E-state index contributed by atoms with van der Waals surface area (Å²) in [5.41, 5.74) is 1.41. The van der Waals surface area contributed by atoms with Gasteiger partial charge in [-0.3, -0.25) is 10.1 Å². The second kappa shape index (κ2) is 7.11. The van der Waals surface area contributed by atoms with Crippen molar-refractivity contribution in [2.45, 2.75) is 6.42 Å². The first-order valence-corrected chi connectivity index (χ1v) is 7.64. The summed E-state index contributed by atoms with van der Waals surface area (Å²) in [6, 6.07) is 10.1. The zero-order valence-electron chi connectivity index (χ0n) is 10.8. The molecular weight excluding hydrogens is 379 g/mol. The van der Waals surface area contributed by atoms with Crippen LogP contribution in [0.25, 0.3) is 0 Å². The molecule has 2 aromatic rings. The van der Waals surface area contributed by atoms with Crippen LogP contribution in [0.4, 0.5) is 11.4 Å². The zero-order chi connectivity index (χ0) is 15.4. The Morgan fingerprint density at radius 1 is 1.19 bits per heavy atom. The van der Waals surface area contributed by atoms with E-state index in [0.717, 1.165) is 4.47 Å². The summed E-state index contributed by atoms with van der Waals surface area (Å²) in [4.78, 5) is 10.6. The van der Waals surface area contributed by atoms with Crippen LogP contribution in [-0.2, 0) is 6.42 Å². The van der Waals surface area contributed by atoms with Gasteiger partial charge in [-0.25, -0.2) is 0 Å². The Hall–Kier alpha value is -1.30. The van der Waals surface area contributed by atoms with E-state index in [1.807, 2.05) is 0 Å². The third-order valence-electron chi connectivity index (χ3n) is 2.89. The van der Waals surface area contributed by atoms with Crippen LogP contribution in [0.15, 0.2) is 40.9 Å². The zero-order valence-corrected chi connectivity index (χ0v) is 13.9. The Morgan fingerprint density at radius 3 is 2.43 bits per heavy atom. The molecule has 2 rings (SSSR count). The molecule has 0 aliphatic rings. The monoisotopic (exact) mass is 388 g/mol. The largest absolute Gasteiger partial charge is 0.382 e. The highest BCUT2D eigenvalue weighted by Crippen LogP contribution is 2.33. The smallest absolute Gasteiger partial charge is 0.272 e. The molecule has 0 aromatic heterocycles. The Balaban J connectivity index is 2.08. The van der Waals surface area contributed by atoms with E-state index in [1.165, 1.54) is 6.07 Å². The molecule has 0 saturated carbocycles. The number of nitro benzene ring substituents is 1. The average Bonchev–Trinajstić information content (AvgIpc) is 2.42. The molecule has 7 heteroatoms. The van der Waals surface area contributed by atoms with Crippen molar-refractivity contribution in [3.05, 3.63) is 66.6 Å². The molecule has 0 bridgehead atoms. The maximum atomic E-state index is 10.9. The predicted octanol–water partition coefficient (Wildman–Crippen LogP) is 5.32. The van der Waals surface area contributed by atoms with Gasteiger partial charge in [-0.15, -0.1) is 0 Å². The lowest BCUT2D eigenvalue weighted by molar-refractivity contribution is -0.385. The highest BCUT2D eigenvalue weighted by Gasteiger charge is 2.12. The Kier molecular flexibility index (Phi) is 5.45. The van der Waals surface area contributed by atoms with E-state index in [0.29, 0.717) is 34.3 Å². The van der Waals surface area contributed by atoms with Crippen LogP contribution in [0, 0.1) is 10.1 Å². The number of benzene rings is 2. The third-order valence-corrected chi connectivity index (χ3v) is 3.95. The standard InChI is InChI=1S/C14H11BrCl2N2O2/c15-10-7-11(16)14(12(17)8-10)18-6-5-9-3-1-2-4-13(9)19(20)21/h1-4,7-8,18H,5-6H2. The van der Waals surface area contributed by atoms with Gasteiger partial charge in [-0.05, 0) is 18.6 Å². The third kappa shape index (κ3) is 4.09. The maximum Gasteiger partial charge on any atom is 0.272 e. The molecule has 0 radical (unpaired) electrons. The first-order valence-electron chi connectivity index (χ1n) is 6.09. The molecule has 0 fully saturated rings. The second-order valence-corrected chi connectivity index (χ2v) is 6.04. The summed E-state index contributed by atoms with van der Waals surface area (Å²) in [6.07, 6.45) is 0.500. The molecule has 1 N–H and O–H groups in total. The van der Waals surface area contributed by atoms with E-state index in [-0.39, 0.29) is 10.6 Å². The van der Waals surface area contributed by atoms with Crippen molar-refractivity contribution >= 4 is 50.5 Å². The molecule has 4 nitrogen and oxygen atoms in total. The number of rotatable bonds is 5. The minimum atomic E-state index is -0.380. The van der Waals surface area contributed by atoms with Gasteiger partial charge in [0, 0.05) is 22.6 Å². The Labute approximate surface area is 140 Å². The van der Waals surface area contributed by atoms with E-state index in [9.17, 15) is 10.1 Å². The molecule has 0 aliphatic heterocycles. The van der Waals surface area contributed by atoms with Gasteiger partial charge in [0.05, 0.1) is 20.7 Å². The van der Waals surface area contributed by atoms with Crippen LogP contribution in [0.5, 0.6) is 0 Å². The molecule has 110 valence electrons. The van der Waals surface area contributed by atoms with E-state index in [1.54, 1.807) is 30.3 Å². The predicted molar refractivity (Wildman–Crippen MR) is 89.5 cm³/mol. The van der Waals surface area contributed by atoms with Crippen LogP contribution in [-0.4, -0.2) is 11.5 Å². The summed E-state index contributed by atoms with van der Waals surface area (Å²) in [7, 11) is 0. The fraction of sp³-hybridized carbons (Fsp3) is 0.143. The van der Waals surface area contributed by atoms with E-state index < -0.39 is 0 Å². The van der Waals surface area contributed by atoms with Crippen molar-refractivity contribution in [2.75, 3.05) is 11.9 Å². The first-order chi connectivity index (χ1) is 9.99. The van der Waals surface area contributed by atoms with Crippen LogP contribution >= 0.6 is 39.1 Å². The fourth-order valence-corrected chi connectivity index (χ4v) is 3.28. The summed E-state index contributed by atoms with van der Waals surface area (Å²) in [5, 5.41) is 15.0. The maximum absolute atomic E-state index is 10.9. The van der Waals surface area contributed by atoms with Crippen molar-refractivity contribution in [1.82, 2.24) is 0 Å². The Morgan fingerprint density at radius 2 is 1.81 bits per heavy atom. The summed E-state index contributed by atoms with van der Waals surface area (Å²) < 4.78 is 0.793. The van der Waals surface area contributed by atoms with Crippen molar-refractivity contribution in [1.29, 1.82) is 0 Å². The van der Waals surface area contributed by atoms with Gasteiger partial charge in [0.2, 0.25) is 0 Å². The van der Waals surface area contributed by atoms with E-state index >= 15 is 0 Å². The molecule has 0 amide bonds. The van der Waals surface area contributed by atoms with Crippen LogP contribution in [0.1, 0.15) is 5.56 Å². The molecule has 0 spiro atoms. The number of halogens is 3. The number of para-hydroxylation sites is 1. The number of hydrogen-bond acceptors (Lipinski definition) is 3. The molecule has 0 saturated heterocycles. The molecular formula is C14H11BrCl2N2O2. The van der Waals surface area contributed by atoms with Gasteiger partial charge in [0.1, 0.15) is 0 Å². The van der Waals surface area contributed by atoms with Gasteiger partial charge in [0.25, 0.3) is 5.69 Å². The summed E-state index contributed by atoms with van der Waals surface area (Å²) in [5.74, 6) is 0. The average molecular weight is 390 g/mol. The summed E-state index contributed by atoms with van der Waals surface area (Å²) >= 11 is 15.5.